The van der Waals surface area contributed by atoms with Gasteiger partial charge in [-0.2, -0.15) is 18.3 Å². The summed E-state index contributed by atoms with van der Waals surface area (Å²) < 4.78 is 44.6. The van der Waals surface area contributed by atoms with Crippen molar-refractivity contribution in [3.63, 3.8) is 0 Å². The van der Waals surface area contributed by atoms with E-state index in [2.05, 4.69) is 20.4 Å². The van der Waals surface area contributed by atoms with Gasteiger partial charge in [0.25, 0.3) is 5.91 Å². The topological polar surface area (TPSA) is 84.8 Å². The van der Waals surface area contributed by atoms with E-state index in [9.17, 15) is 18.0 Å². The first-order chi connectivity index (χ1) is 14.3. The van der Waals surface area contributed by atoms with Gasteiger partial charge in [0.2, 0.25) is 5.88 Å². The molecule has 4 rings (SSSR count). The number of hydrogen-bond donors (Lipinski definition) is 2. The summed E-state index contributed by atoms with van der Waals surface area (Å²) in [5.41, 5.74) is 1.85. The molecule has 0 spiro atoms. The van der Waals surface area contributed by atoms with Gasteiger partial charge in [-0.1, -0.05) is 12.1 Å². The number of ether oxygens (including phenoxy) is 1. The zero-order chi connectivity index (χ0) is 21.3. The number of carbonyl (C=O) groups is 1. The first kappa shape index (κ1) is 19.5. The van der Waals surface area contributed by atoms with E-state index < -0.39 is 17.6 Å². The fourth-order valence-corrected chi connectivity index (χ4v) is 2.93. The van der Waals surface area contributed by atoms with Gasteiger partial charge in [0.15, 0.2) is 5.69 Å². The summed E-state index contributed by atoms with van der Waals surface area (Å²) in [4.78, 5) is 19.9. The van der Waals surface area contributed by atoms with E-state index in [1.54, 1.807) is 24.5 Å². The highest BCUT2D eigenvalue weighted by atomic mass is 19.4. The molecule has 1 aromatic carbocycles. The van der Waals surface area contributed by atoms with Crippen LogP contribution in [0.15, 0.2) is 54.9 Å². The predicted molar refractivity (Wildman–Crippen MR) is 103 cm³/mol. The van der Waals surface area contributed by atoms with E-state index in [0.717, 1.165) is 17.6 Å². The number of hydrogen-bond acceptors (Lipinski definition) is 4. The number of anilines is 1. The Labute approximate surface area is 168 Å². The lowest BCUT2D eigenvalue weighted by molar-refractivity contribution is -0.137. The van der Waals surface area contributed by atoms with Crippen molar-refractivity contribution in [3.05, 3.63) is 71.7 Å². The molecule has 0 aliphatic heterocycles. The smallest absolute Gasteiger partial charge is 0.416 e. The van der Waals surface area contributed by atoms with E-state index in [4.69, 9.17) is 4.74 Å². The number of benzene rings is 1. The minimum Gasteiger partial charge on any atom is -0.481 e. The van der Waals surface area contributed by atoms with E-state index in [0.29, 0.717) is 22.6 Å². The van der Waals surface area contributed by atoms with Crippen LogP contribution < -0.4 is 10.1 Å². The first-order valence-corrected chi connectivity index (χ1v) is 8.86. The molecule has 1 amide bonds. The summed E-state index contributed by atoms with van der Waals surface area (Å²) >= 11 is 0. The second kappa shape index (κ2) is 7.54. The standard InChI is InChI=1S/C20H16F3N5O2/c1-30-17-7-6-14-18(26-17)16(10-24-14)25-19(29)15-8-9-28(27-15)11-12-2-4-13(5-3-12)20(21,22)23/h2-10,24H,11H2,1H3,(H,25,29). The highest BCUT2D eigenvalue weighted by Gasteiger charge is 2.29. The van der Waals surface area contributed by atoms with E-state index in [-0.39, 0.29) is 12.2 Å². The highest BCUT2D eigenvalue weighted by Crippen LogP contribution is 2.29. The molecular weight excluding hydrogens is 399 g/mol. The Morgan fingerprint density at radius 3 is 2.63 bits per heavy atom. The maximum atomic E-state index is 12.7. The van der Waals surface area contributed by atoms with Crippen LogP contribution in [0.4, 0.5) is 18.9 Å². The molecule has 0 aliphatic carbocycles. The molecule has 2 N–H and O–H groups in total. The Morgan fingerprint density at radius 1 is 1.17 bits per heavy atom. The number of alkyl halides is 3. The number of fused-ring (bicyclic) bond motifs is 1. The molecule has 0 fully saturated rings. The molecule has 0 unspecified atom stereocenters. The third-order valence-electron chi connectivity index (χ3n) is 4.45. The highest BCUT2D eigenvalue weighted by molar-refractivity contribution is 6.07. The molecule has 0 saturated carbocycles. The van der Waals surface area contributed by atoms with Gasteiger partial charge in [0.1, 0.15) is 5.52 Å². The van der Waals surface area contributed by atoms with E-state index in [1.807, 2.05) is 0 Å². The summed E-state index contributed by atoms with van der Waals surface area (Å²) in [6.45, 7) is 0.233. The molecule has 3 heterocycles. The van der Waals surface area contributed by atoms with Crippen molar-refractivity contribution in [2.24, 2.45) is 0 Å². The van der Waals surface area contributed by atoms with Crippen molar-refractivity contribution in [1.29, 1.82) is 0 Å². The van der Waals surface area contributed by atoms with Crippen molar-refractivity contribution < 1.29 is 22.7 Å². The third kappa shape index (κ3) is 3.97. The van der Waals surface area contributed by atoms with Gasteiger partial charge in [-0.05, 0) is 29.8 Å². The molecule has 7 nitrogen and oxygen atoms in total. The second-order valence-electron chi connectivity index (χ2n) is 6.50. The van der Waals surface area contributed by atoms with Gasteiger partial charge >= 0.3 is 6.18 Å². The molecule has 0 aliphatic rings. The molecule has 0 radical (unpaired) electrons. The SMILES string of the molecule is COc1ccc2[nH]cc(NC(=O)c3ccn(Cc4ccc(C(F)(F)F)cc4)n3)c2n1. The fourth-order valence-electron chi connectivity index (χ4n) is 2.93. The lowest BCUT2D eigenvalue weighted by Gasteiger charge is -2.07. The van der Waals surface area contributed by atoms with Crippen molar-refractivity contribution >= 4 is 22.6 Å². The number of nitrogens with one attached hydrogen (secondary N) is 2. The number of halogens is 3. The molecule has 10 heteroatoms. The summed E-state index contributed by atoms with van der Waals surface area (Å²) in [6.07, 6.45) is -1.17. The Hall–Kier alpha value is -3.82. The summed E-state index contributed by atoms with van der Waals surface area (Å²) in [5, 5.41) is 6.94. The number of amides is 1. The average Bonchev–Trinajstić information content (AvgIpc) is 3.34. The summed E-state index contributed by atoms with van der Waals surface area (Å²) in [5.74, 6) is -0.0230. The predicted octanol–water partition coefficient (Wildman–Crippen LogP) is 4.09. The zero-order valence-electron chi connectivity index (χ0n) is 15.7. The monoisotopic (exact) mass is 415 g/mol. The molecule has 3 aromatic heterocycles. The van der Waals surface area contributed by atoms with Crippen molar-refractivity contribution in [2.75, 3.05) is 12.4 Å². The molecule has 30 heavy (non-hydrogen) atoms. The number of H-pyrrole nitrogens is 1. The lowest BCUT2D eigenvalue weighted by atomic mass is 10.1. The Balaban J connectivity index is 1.47. The maximum absolute atomic E-state index is 12.7. The van der Waals surface area contributed by atoms with Gasteiger partial charge in [0, 0.05) is 18.5 Å². The molecule has 154 valence electrons. The number of nitrogens with zero attached hydrogens (tertiary/aromatic N) is 3. The summed E-state index contributed by atoms with van der Waals surface area (Å²) in [6, 6.07) is 9.82. The van der Waals surface area contributed by atoms with Gasteiger partial charge < -0.3 is 15.0 Å². The third-order valence-corrected chi connectivity index (χ3v) is 4.45. The van der Waals surface area contributed by atoms with Crippen LogP contribution in [0.3, 0.4) is 0 Å². The maximum Gasteiger partial charge on any atom is 0.416 e. The Morgan fingerprint density at radius 2 is 1.93 bits per heavy atom. The van der Waals surface area contributed by atoms with Crippen LogP contribution in [-0.2, 0) is 12.7 Å². The number of methoxy groups -OCH3 is 1. The second-order valence-corrected chi connectivity index (χ2v) is 6.50. The average molecular weight is 415 g/mol. The first-order valence-electron chi connectivity index (χ1n) is 8.86. The number of rotatable bonds is 5. The molecular formula is C20H16F3N5O2. The van der Waals surface area contributed by atoms with Crippen LogP contribution in [0.2, 0.25) is 0 Å². The van der Waals surface area contributed by atoms with E-state index in [1.165, 1.54) is 30.0 Å². The largest absolute Gasteiger partial charge is 0.481 e. The zero-order valence-corrected chi connectivity index (χ0v) is 15.7. The summed E-state index contributed by atoms with van der Waals surface area (Å²) in [7, 11) is 1.50. The van der Waals surface area contributed by atoms with E-state index >= 15 is 0 Å². The van der Waals surface area contributed by atoms with Crippen LogP contribution in [0.25, 0.3) is 11.0 Å². The minimum atomic E-state index is -4.38. The number of pyridine rings is 1. The van der Waals surface area contributed by atoms with Crippen molar-refractivity contribution in [2.45, 2.75) is 12.7 Å². The van der Waals surface area contributed by atoms with Gasteiger partial charge in [-0.15, -0.1) is 0 Å². The number of carbonyl (C=O) groups excluding carboxylic acids is 1. The number of aromatic amines is 1. The fraction of sp³-hybridized carbons (Fsp3) is 0.150. The van der Waals surface area contributed by atoms with Crippen LogP contribution >= 0.6 is 0 Å². The minimum absolute atomic E-state index is 0.166. The van der Waals surface area contributed by atoms with Crippen LogP contribution in [-0.4, -0.2) is 32.8 Å². The van der Waals surface area contributed by atoms with Crippen LogP contribution in [0, 0.1) is 0 Å². The van der Waals surface area contributed by atoms with Crippen molar-refractivity contribution in [1.82, 2.24) is 19.7 Å². The molecule has 4 aromatic rings. The van der Waals surface area contributed by atoms with Gasteiger partial charge in [0.05, 0.1) is 30.4 Å². The van der Waals surface area contributed by atoms with Crippen LogP contribution in [0.5, 0.6) is 5.88 Å². The van der Waals surface area contributed by atoms with Crippen molar-refractivity contribution in [3.8, 4) is 5.88 Å². The number of aromatic nitrogens is 4. The Kier molecular flexibility index (Phi) is 4.90. The molecule has 0 atom stereocenters. The van der Waals surface area contributed by atoms with Crippen LogP contribution in [0.1, 0.15) is 21.6 Å². The lowest BCUT2D eigenvalue weighted by Crippen LogP contribution is -2.13. The quantitative estimate of drug-likeness (QED) is 0.514. The van der Waals surface area contributed by atoms with Gasteiger partial charge in [-0.3, -0.25) is 9.48 Å². The molecule has 0 bridgehead atoms. The normalized spacial score (nSPS) is 11.6. The Bertz CT molecular complexity index is 1200. The van der Waals surface area contributed by atoms with Gasteiger partial charge in [-0.25, -0.2) is 4.98 Å². The molecule has 0 saturated heterocycles.